The molecule has 1 aliphatic heterocycles. The Morgan fingerprint density at radius 2 is 1.58 bits per heavy atom. The highest BCUT2D eigenvalue weighted by Gasteiger charge is 2.30. The molecule has 3 aromatic rings. The smallest absolute Gasteiger partial charge is 0.225 e. The Labute approximate surface area is 156 Å². The maximum atomic E-state index is 12.4. The average molecular weight is 365 g/mol. The van der Waals surface area contributed by atoms with Crippen molar-refractivity contribution in [2.24, 2.45) is 0 Å². The highest BCUT2D eigenvalue weighted by Crippen LogP contribution is 2.46. The number of amides is 1. The third-order valence-corrected chi connectivity index (χ3v) is 5.81. The molecule has 4 nitrogen and oxygen atoms in total. The second-order valence-electron chi connectivity index (χ2n) is 6.20. The second-order valence-corrected chi connectivity index (χ2v) is 7.11. The van der Waals surface area contributed by atoms with E-state index in [1.807, 2.05) is 48.5 Å². The molecule has 0 fully saturated rings. The minimum atomic E-state index is 0.0477. The summed E-state index contributed by atoms with van der Waals surface area (Å²) in [7, 11) is 3.31. The first-order valence-electron chi connectivity index (χ1n) is 8.39. The van der Waals surface area contributed by atoms with Gasteiger partial charge < -0.3 is 14.8 Å². The summed E-state index contributed by atoms with van der Waals surface area (Å²) in [5.74, 6) is 1.76. The molecule has 26 heavy (non-hydrogen) atoms. The number of hydrogen-bond acceptors (Lipinski definition) is 4. The molecule has 1 aliphatic rings. The Bertz CT molecular complexity index is 929. The molecular weight excluding hydrogens is 346 g/mol. The lowest BCUT2D eigenvalue weighted by Gasteiger charge is -2.24. The topological polar surface area (TPSA) is 47.6 Å². The van der Waals surface area contributed by atoms with Crippen LogP contribution in [0.3, 0.4) is 0 Å². The van der Waals surface area contributed by atoms with E-state index in [2.05, 4.69) is 10.7 Å². The van der Waals surface area contributed by atoms with Crippen LogP contribution in [0.2, 0.25) is 0 Å². The third-order valence-electron chi connectivity index (χ3n) is 4.71. The first-order chi connectivity index (χ1) is 12.7. The summed E-state index contributed by atoms with van der Waals surface area (Å²) < 4.78 is 10.5. The number of rotatable bonds is 4. The Balaban J connectivity index is 1.74. The summed E-state index contributed by atoms with van der Waals surface area (Å²) in [5, 5.41) is 5.19. The van der Waals surface area contributed by atoms with Gasteiger partial charge in [0.05, 0.1) is 19.9 Å². The van der Waals surface area contributed by atoms with Crippen LogP contribution in [0.1, 0.15) is 22.8 Å². The predicted octanol–water partition coefficient (Wildman–Crippen LogP) is 4.91. The number of carbonyl (C=O) groups is 1. The first-order valence-corrected chi connectivity index (χ1v) is 9.27. The van der Waals surface area contributed by atoms with E-state index in [4.69, 9.17) is 9.47 Å². The number of nitrogens with one attached hydrogen (secondary N) is 1. The SMILES string of the molecule is COc1ccc(-c2csc3c2NC(=O)CC3c2ccc(OC)cc2)cc1. The molecule has 1 unspecified atom stereocenters. The van der Waals surface area contributed by atoms with Gasteiger partial charge in [-0.1, -0.05) is 24.3 Å². The van der Waals surface area contributed by atoms with Crippen molar-refractivity contribution in [1.82, 2.24) is 0 Å². The Kier molecular flexibility index (Phi) is 4.39. The number of benzene rings is 2. The lowest BCUT2D eigenvalue weighted by atomic mass is 9.89. The van der Waals surface area contributed by atoms with Crippen LogP contribution in [0, 0.1) is 0 Å². The Morgan fingerprint density at radius 1 is 0.962 bits per heavy atom. The summed E-state index contributed by atoms with van der Waals surface area (Å²) in [6.45, 7) is 0. The van der Waals surface area contributed by atoms with Crippen molar-refractivity contribution in [3.63, 3.8) is 0 Å². The monoisotopic (exact) mass is 365 g/mol. The zero-order valence-electron chi connectivity index (χ0n) is 14.6. The summed E-state index contributed by atoms with van der Waals surface area (Å²) in [6.07, 6.45) is 0.460. The Hall–Kier alpha value is -2.79. The number of anilines is 1. The molecule has 1 amide bonds. The molecule has 2 heterocycles. The predicted molar refractivity (Wildman–Crippen MR) is 104 cm³/mol. The molecule has 2 aromatic carbocycles. The van der Waals surface area contributed by atoms with E-state index in [1.54, 1.807) is 25.6 Å². The molecule has 5 heteroatoms. The van der Waals surface area contributed by atoms with Crippen LogP contribution in [0.4, 0.5) is 5.69 Å². The number of hydrogen-bond donors (Lipinski definition) is 1. The van der Waals surface area contributed by atoms with Crippen molar-refractivity contribution >= 4 is 22.9 Å². The van der Waals surface area contributed by atoms with Gasteiger partial charge >= 0.3 is 0 Å². The van der Waals surface area contributed by atoms with Gasteiger partial charge in [-0.2, -0.15) is 0 Å². The minimum Gasteiger partial charge on any atom is -0.497 e. The highest BCUT2D eigenvalue weighted by molar-refractivity contribution is 7.11. The van der Waals surface area contributed by atoms with E-state index in [0.717, 1.165) is 33.9 Å². The summed E-state index contributed by atoms with van der Waals surface area (Å²) in [4.78, 5) is 13.6. The van der Waals surface area contributed by atoms with Crippen LogP contribution in [-0.2, 0) is 4.79 Å². The van der Waals surface area contributed by atoms with Gasteiger partial charge in [-0.05, 0) is 35.4 Å². The van der Waals surface area contributed by atoms with E-state index in [1.165, 1.54) is 4.88 Å². The van der Waals surface area contributed by atoms with Crippen molar-refractivity contribution in [2.75, 3.05) is 19.5 Å². The lowest BCUT2D eigenvalue weighted by Crippen LogP contribution is -2.22. The zero-order chi connectivity index (χ0) is 18.1. The van der Waals surface area contributed by atoms with Crippen LogP contribution >= 0.6 is 11.3 Å². The fourth-order valence-electron chi connectivity index (χ4n) is 3.32. The summed E-state index contributed by atoms with van der Waals surface area (Å²) in [5.41, 5.74) is 4.18. The molecule has 0 aliphatic carbocycles. The van der Waals surface area contributed by atoms with Gasteiger partial charge in [0.15, 0.2) is 0 Å². The quantitative estimate of drug-likeness (QED) is 0.715. The molecule has 1 N–H and O–H groups in total. The fraction of sp³-hybridized carbons (Fsp3) is 0.190. The van der Waals surface area contributed by atoms with Crippen molar-refractivity contribution < 1.29 is 14.3 Å². The third kappa shape index (κ3) is 2.95. The molecular formula is C21H19NO3S. The van der Waals surface area contributed by atoms with Gasteiger partial charge in [-0.3, -0.25) is 4.79 Å². The number of fused-ring (bicyclic) bond motifs is 1. The molecule has 132 valence electrons. The largest absolute Gasteiger partial charge is 0.497 e. The second kappa shape index (κ2) is 6.84. The Morgan fingerprint density at radius 3 is 2.19 bits per heavy atom. The van der Waals surface area contributed by atoms with E-state index < -0.39 is 0 Å². The summed E-state index contributed by atoms with van der Waals surface area (Å²) in [6, 6.07) is 15.9. The standard InChI is InChI=1S/C21H19NO3S/c1-24-15-7-3-13(4-8-15)17-11-19(23)22-20-18(12-26-21(17)20)14-5-9-16(25-2)10-6-14/h3-10,12,17H,11H2,1-2H3,(H,22,23). The fourth-order valence-corrected chi connectivity index (χ4v) is 4.48. The van der Waals surface area contributed by atoms with Gasteiger partial charge in [0.2, 0.25) is 5.91 Å². The van der Waals surface area contributed by atoms with Crippen LogP contribution < -0.4 is 14.8 Å². The van der Waals surface area contributed by atoms with E-state index in [9.17, 15) is 4.79 Å². The van der Waals surface area contributed by atoms with Crippen LogP contribution in [0.5, 0.6) is 11.5 Å². The zero-order valence-corrected chi connectivity index (χ0v) is 15.4. The van der Waals surface area contributed by atoms with E-state index >= 15 is 0 Å². The van der Waals surface area contributed by atoms with Crippen LogP contribution in [-0.4, -0.2) is 20.1 Å². The van der Waals surface area contributed by atoms with E-state index in [0.29, 0.717) is 6.42 Å². The van der Waals surface area contributed by atoms with Crippen molar-refractivity contribution in [2.45, 2.75) is 12.3 Å². The van der Waals surface area contributed by atoms with Crippen LogP contribution in [0.15, 0.2) is 53.9 Å². The normalized spacial score (nSPS) is 15.9. The van der Waals surface area contributed by atoms with Gasteiger partial charge in [0.1, 0.15) is 11.5 Å². The minimum absolute atomic E-state index is 0.0477. The molecule has 0 radical (unpaired) electrons. The average Bonchev–Trinajstić information content (AvgIpc) is 3.11. The van der Waals surface area contributed by atoms with E-state index in [-0.39, 0.29) is 11.8 Å². The molecule has 0 saturated heterocycles. The number of ether oxygens (including phenoxy) is 2. The number of carbonyl (C=O) groups excluding carboxylic acids is 1. The molecule has 1 atom stereocenters. The summed E-state index contributed by atoms with van der Waals surface area (Å²) >= 11 is 1.69. The van der Waals surface area contributed by atoms with Crippen LogP contribution in [0.25, 0.3) is 11.1 Å². The number of thiophene rings is 1. The number of methoxy groups -OCH3 is 2. The maximum absolute atomic E-state index is 12.4. The maximum Gasteiger partial charge on any atom is 0.225 e. The molecule has 0 spiro atoms. The van der Waals surface area contributed by atoms with Crippen molar-refractivity contribution in [1.29, 1.82) is 0 Å². The molecule has 4 rings (SSSR count). The lowest BCUT2D eigenvalue weighted by molar-refractivity contribution is -0.116. The molecule has 0 bridgehead atoms. The highest BCUT2D eigenvalue weighted by atomic mass is 32.1. The molecule has 1 aromatic heterocycles. The van der Waals surface area contributed by atoms with Crippen molar-refractivity contribution in [3.8, 4) is 22.6 Å². The first kappa shape index (κ1) is 16.7. The van der Waals surface area contributed by atoms with Crippen molar-refractivity contribution in [3.05, 3.63) is 64.4 Å². The van der Waals surface area contributed by atoms with Gasteiger partial charge in [-0.25, -0.2) is 0 Å². The van der Waals surface area contributed by atoms with Gasteiger partial charge in [0, 0.05) is 28.2 Å². The van der Waals surface area contributed by atoms with Gasteiger partial charge in [-0.15, -0.1) is 11.3 Å². The van der Waals surface area contributed by atoms with Gasteiger partial charge in [0.25, 0.3) is 0 Å². The molecule has 0 saturated carbocycles.